The van der Waals surface area contributed by atoms with Crippen molar-refractivity contribution < 1.29 is 0 Å². The molecule has 2 heteroatoms. The lowest BCUT2D eigenvalue weighted by molar-refractivity contribution is 0.389. The van der Waals surface area contributed by atoms with Gasteiger partial charge in [0.1, 0.15) is 0 Å². The third kappa shape index (κ3) is 5.54. The van der Waals surface area contributed by atoms with Gasteiger partial charge in [-0.15, -0.1) is 11.6 Å². The molecule has 1 nitrogen and oxygen atoms in total. The number of hydrogen-bond donors (Lipinski definition) is 1. The van der Waals surface area contributed by atoms with Crippen molar-refractivity contribution >= 4 is 11.6 Å². The average Bonchev–Trinajstić information content (AvgIpc) is 2.33. The predicted molar refractivity (Wildman–Crippen MR) is 85.9 cm³/mol. The quantitative estimate of drug-likeness (QED) is 0.744. The molecule has 1 unspecified atom stereocenters. The maximum atomic E-state index is 5.85. The molecule has 0 aliphatic heterocycles. The second-order valence-corrected chi connectivity index (χ2v) is 7.03. The highest BCUT2D eigenvalue weighted by Gasteiger charge is 2.14. The van der Waals surface area contributed by atoms with Gasteiger partial charge < -0.3 is 5.32 Å². The van der Waals surface area contributed by atoms with Gasteiger partial charge in [-0.25, -0.2) is 0 Å². The van der Waals surface area contributed by atoms with E-state index in [9.17, 15) is 0 Å². The fourth-order valence-electron chi connectivity index (χ4n) is 2.16. The lowest BCUT2D eigenvalue weighted by atomic mass is 9.87. The molecule has 108 valence electrons. The minimum atomic E-state index is 0.227. The van der Waals surface area contributed by atoms with Crippen molar-refractivity contribution in [3.63, 3.8) is 0 Å². The molecule has 1 rings (SSSR count). The van der Waals surface area contributed by atoms with E-state index in [-0.39, 0.29) is 5.41 Å². The van der Waals surface area contributed by atoms with Crippen LogP contribution >= 0.6 is 11.6 Å². The fraction of sp³-hybridized carbons (Fsp3) is 0.647. The summed E-state index contributed by atoms with van der Waals surface area (Å²) in [5, 5.41) is 3.61. The van der Waals surface area contributed by atoms with Crippen LogP contribution in [0.3, 0.4) is 0 Å². The van der Waals surface area contributed by atoms with Gasteiger partial charge in [0, 0.05) is 18.5 Å². The summed E-state index contributed by atoms with van der Waals surface area (Å²) in [7, 11) is 0. The molecule has 1 N–H and O–H groups in total. The van der Waals surface area contributed by atoms with Gasteiger partial charge in [0.15, 0.2) is 0 Å². The molecule has 0 fully saturated rings. The van der Waals surface area contributed by atoms with Crippen molar-refractivity contribution in [2.45, 2.75) is 59.0 Å². The van der Waals surface area contributed by atoms with Crippen LogP contribution in [0.2, 0.25) is 0 Å². The van der Waals surface area contributed by atoms with Crippen molar-refractivity contribution in [1.29, 1.82) is 0 Å². The highest BCUT2D eigenvalue weighted by atomic mass is 35.5. The number of rotatable bonds is 6. The Kier molecular flexibility index (Phi) is 6.35. The van der Waals surface area contributed by atoms with Gasteiger partial charge in [-0.3, -0.25) is 0 Å². The van der Waals surface area contributed by atoms with Crippen molar-refractivity contribution in [2.24, 2.45) is 5.92 Å². The first kappa shape index (κ1) is 16.5. The van der Waals surface area contributed by atoms with Crippen LogP contribution in [0.5, 0.6) is 0 Å². The van der Waals surface area contributed by atoms with E-state index in [1.807, 2.05) is 0 Å². The Morgan fingerprint density at radius 1 is 1.11 bits per heavy atom. The maximum absolute atomic E-state index is 5.85. The summed E-state index contributed by atoms with van der Waals surface area (Å²) in [5.74, 6) is 1.34. The summed E-state index contributed by atoms with van der Waals surface area (Å²) in [6.45, 7) is 12.1. The molecule has 0 saturated heterocycles. The molecule has 0 amide bonds. The Morgan fingerprint density at radius 2 is 1.68 bits per heavy atom. The zero-order chi connectivity index (χ0) is 14.5. The Labute approximate surface area is 123 Å². The van der Waals surface area contributed by atoms with E-state index in [4.69, 9.17) is 11.6 Å². The SMILES string of the molecule is CC(C)C(CCCl)NCc1ccc(C(C)(C)C)cc1. The lowest BCUT2D eigenvalue weighted by Gasteiger charge is -2.22. The summed E-state index contributed by atoms with van der Waals surface area (Å²) in [6.07, 6.45) is 1.03. The smallest absolute Gasteiger partial charge is 0.0238 e. The van der Waals surface area contributed by atoms with Crippen molar-refractivity contribution in [1.82, 2.24) is 5.32 Å². The highest BCUT2D eigenvalue weighted by Crippen LogP contribution is 2.22. The molecule has 0 spiro atoms. The molecule has 1 atom stereocenters. The van der Waals surface area contributed by atoms with Gasteiger partial charge in [-0.1, -0.05) is 58.9 Å². The minimum Gasteiger partial charge on any atom is -0.310 e. The first-order valence-corrected chi connectivity index (χ1v) is 7.77. The molecular formula is C17H28ClN. The molecule has 1 aromatic carbocycles. The van der Waals surface area contributed by atoms with Crippen LogP contribution in [0, 0.1) is 5.92 Å². The Balaban J connectivity index is 2.58. The van der Waals surface area contributed by atoms with Crippen LogP contribution in [-0.4, -0.2) is 11.9 Å². The van der Waals surface area contributed by atoms with Crippen molar-refractivity contribution in [2.75, 3.05) is 5.88 Å². The van der Waals surface area contributed by atoms with Crippen molar-refractivity contribution in [3.05, 3.63) is 35.4 Å². The minimum absolute atomic E-state index is 0.227. The maximum Gasteiger partial charge on any atom is 0.0238 e. The monoisotopic (exact) mass is 281 g/mol. The second kappa shape index (κ2) is 7.31. The largest absolute Gasteiger partial charge is 0.310 e. The van der Waals surface area contributed by atoms with Gasteiger partial charge in [-0.2, -0.15) is 0 Å². The number of hydrogen-bond acceptors (Lipinski definition) is 1. The number of nitrogens with one attached hydrogen (secondary N) is 1. The lowest BCUT2D eigenvalue weighted by Crippen LogP contribution is -2.33. The number of alkyl halides is 1. The van der Waals surface area contributed by atoms with Crippen LogP contribution in [0.1, 0.15) is 52.2 Å². The third-order valence-corrected chi connectivity index (χ3v) is 3.83. The molecule has 0 bridgehead atoms. The van der Waals surface area contributed by atoms with Crippen LogP contribution < -0.4 is 5.32 Å². The molecule has 19 heavy (non-hydrogen) atoms. The highest BCUT2D eigenvalue weighted by molar-refractivity contribution is 6.17. The Hall–Kier alpha value is -0.530. The Morgan fingerprint density at radius 3 is 2.11 bits per heavy atom. The number of halogens is 1. The van der Waals surface area contributed by atoms with Gasteiger partial charge >= 0.3 is 0 Å². The average molecular weight is 282 g/mol. The van der Waals surface area contributed by atoms with Gasteiger partial charge in [0.25, 0.3) is 0 Å². The third-order valence-electron chi connectivity index (χ3n) is 3.61. The summed E-state index contributed by atoms with van der Waals surface area (Å²) >= 11 is 5.85. The molecule has 0 saturated carbocycles. The number of benzene rings is 1. The van der Waals surface area contributed by atoms with Crippen molar-refractivity contribution in [3.8, 4) is 0 Å². The standard InChI is InChI=1S/C17H28ClN/c1-13(2)16(10-11-18)19-12-14-6-8-15(9-7-14)17(3,4)5/h6-9,13,16,19H,10-12H2,1-5H3. The fourth-order valence-corrected chi connectivity index (χ4v) is 2.40. The molecule has 0 aliphatic carbocycles. The molecule has 0 heterocycles. The predicted octanol–water partition coefficient (Wildman–Crippen LogP) is 4.73. The zero-order valence-corrected chi connectivity index (χ0v) is 13.7. The van der Waals surface area contributed by atoms with Crippen LogP contribution in [-0.2, 0) is 12.0 Å². The van der Waals surface area contributed by atoms with E-state index < -0.39 is 0 Å². The molecular weight excluding hydrogens is 254 g/mol. The summed E-state index contributed by atoms with van der Waals surface area (Å²) < 4.78 is 0. The van der Waals surface area contributed by atoms with E-state index in [0.29, 0.717) is 12.0 Å². The summed E-state index contributed by atoms with van der Waals surface area (Å²) in [5.41, 5.74) is 2.95. The Bertz CT molecular complexity index is 362. The first-order valence-electron chi connectivity index (χ1n) is 7.23. The van der Waals surface area contributed by atoms with E-state index >= 15 is 0 Å². The summed E-state index contributed by atoms with van der Waals surface area (Å²) in [6, 6.07) is 9.43. The molecule has 1 aromatic rings. The summed E-state index contributed by atoms with van der Waals surface area (Å²) in [4.78, 5) is 0. The van der Waals surface area contributed by atoms with Crippen LogP contribution in [0.4, 0.5) is 0 Å². The van der Waals surface area contributed by atoms with E-state index in [0.717, 1.165) is 18.8 Å². The van der Waals surface area contributed by atoms with E-state index in [2.05, 4.69) is 64.2 Å². The van der Waals surface area contributed by atoms with E-state index in [1.54, 1.807) is 0 Å². The normalized spacial score (nSPS) is 13.8. The molecule has 0 radical (unpaired) electrons. The van der Waals surface area contributed by atoms with Gasteiger partial charge in [0.2, 0.25) is 0 Å². The van der Waals surface area contributed by atoms with Crippen LogP contribution in [0.25, 0.3) is 0 Å². The topological polar surface area (TPSA) is 12.0 Å². The molecule has 0 aliphatic rings. The zero-order valence-electron chi connectivity index (χ0n) is 13.0. The van der Waals surface area contributed by atoms with Gasteiger partial charge in [-0.05, 0) is 28.9 Å². The molecule has 0 aromatic heterocycles. The van der Waals surface area contributed by atoms with Gasteiger partial charge in [0.05, 0.1) is 0 Å². The van der Waals surface area contributed by atoms with E-state index in [1.165, 1.54) is 11.1 Å². The first-order chi connectivity index (χ1) is 8.84. The van der Waals surface area contributed by atoms with Crippen LogP contribution in [0.15, 0.2) is 24.3 Å². The second-order valence-electron chi connectivity index (χ2n) is 6.66.